The lowest BCUT2D eigenvalue weighted by molar-refractivity contribution is -0.387. The Morgan fingerprint density at radius 2 is 1.73 bits per heavy atom. The van der Waals surface area contributed by atoms with E-state index in [1.54, 1.807) is 42.6 Å². The highest BCUT2D eigenvalue weighted by Crippen LogP contribution is 2.38. The number of rotatable bonds is 5. The van der Waals surface area contributed by atoms with Crippen molar-refractivity contribution in [2.45, 2.75) is 16.7 Å². The molecule has 0 unspecified atom stereocenters. The van der Waals surface area contributed by atoms with Crippen LogP contribution in [0.4, 0.5) is 16.2 Å². The number of nitrogens with zero attached hydrogens (tertiary/aromatic N) is 3. The van der Waals surface area contributed by atoms with Gasteiger partial charge < -0.3 is 0 Å². The van der Waals surface area contributed by atoms with Crippen molar-refractivity contribution in [3.63, 3.8) is 0 Å². The zero-order valence-corrected chi connectivity index (χ0v) is 20.2. The molecule has 37 heavy (non-hydrogen) atoms. The van der Waals surface area contributed by atoms with Gasteiger partial charge in [0.2, 0.25) is 0 Å². The van der Waals surface area contributed by atoms with Crippen molar-refractivity contribution in [1.29, 1.82) is 0 Å². The van der Waals surface area contributed by atoms with E-state index in [-0.39, 0.29) is 16.8 Å². The molecule has 9 nitrogen and oxygen atoms in total. The van der Waals surface area contributed by atoms with E-state index >= 15 is 0 Å². The smallest absolute Gasteiger partial charge is 0.273 e. The number of para-hydroxylation sites is 1. The highest BCUT2D eigenvalue weighted by molar-refractivity contribution is 7.99. The van der Waals surface area contributed by atoms with Gasteiger partial charge in [0.25, 0.3) is 17.5 Å². The van der Waals surface area contributed by atoms with E-state index in [0.29, 0.717) is 10.6 Å². The van der Waals surface area contributed by atoms with Gasteiger partial charge in [-0.1, -0.05) is 53.7 Å². The molecule has 10 heteroatoms. The van der Waals surface area contributed by atoms with Crippen molar-refractivity contribution in [1.82, 2.24) is 10.3 Å². The number of anilines is 1. The van der Waals surface area contributed by atoms with Crippen molar-refractivity contribution in [3.05, 3.63) is 106 Å². The summed E-state index contributed by atoms with van der Waals surface area (Å²) in [7, 11) is 0. The van der Waals surface area contributed by atoms with Gasteiger partial charge >= 0.3 is 6.03 Å². The highest BCUT2D eigenvalue weighted by atomic mass is 32.2. The van der Waals surface area contributed by atoms with Gasteiger partial charge in [0.1, 0.15) is 5.57 Å². The molecule has 2 heterocycles. The number of hydrogen-bond donors (Lipinski definition) is 1. The molecule has 4 amide bonds. The monoisotopic (exact) mass is 510 g/mol. The van der Waals surface area contributed by atoms with Gasteiger partial charge in [-0.25, -0.2) is 9.69 Å². The Kier molecular flexibility index (Phi) is 6.24. The van der Waals surface area contributed by atoms with Crippen LogP contribution in [0, 0.1) is 17.0 Å². The molecule has 1 saturated heterocycles. The number of nitrogens with one attached hydrogen (secondary N) is 1. The first-order chi connectivity index (χ1) is 17.8. The molecule has 3 aromatic carbocycles. The molecule has 0 atom stereocenters. The molecule has 1 aliphatic rings. The number of pyridine rings is 1. The maximum atomic E-state index is 13.1. The third-order valence-corrected chi connectivity index (χ3v) is 6.81. The lowest BCUT2D eigenvalue weighted by Gasteiger charge is -2.26. The van der Waals surface area contributed by atoms with Gasteiger partial charge in [0, 0.05) is 22.5 Å². The molecule has 0 spiro atoms. The Hall–Kier alpha value is -4.83. The number of imide groups is 2. The van der Waals surface area contributed by atoms with Crippen LogP contribution in [0.3, 0.4) is 0 Å². The average molecular weight is 511 g/mol. The van der Waals surface area contributed by atoms with Gasteiger partial charge in [0.15, 0.2) is 0 Å². The van der Waals surface area contributed by atoms with E-state index in [0.717, 1.165) is 26.3 Å². The Balaban J connectivity index is 1.50. The van der Waals surface area contributed by atoms with Gasteiger partial charge in [-0.3, -0.25) is 30.0 Å². The molecule has 4 aromatic rings. The molecule has 0 aliphatic carbocycles. The van der Waals surface area contributed by atoms with Crippen molar-refractivity contribution in [3.8, 4) is 0 Å². The summed E-state index contributed by atoms with van der Waals surface area (Å²) in [5.41, 5.74) is 1.72. The summed E-state index contributed by atoms with van der Waals surface area (Å²) in [6.45, 7) is 1.86. The van der Waals surface area contributed by atoms with Crippen molar-refractivity contribution in [2.75, 3.05) is 4.90 Å². The van der Waals surface area contributed by atoms with Gasteiger partial charge in [-0.15, -0.1) is 0 Å². The van der Waals surface area contributed by atoms with Crippen molar-refractivity contribution in [2.24, 2.45) is 0 Å². The average Bonchev–Trinajstić information content (AvgIpc) is 2.88. The van der Waals surface area contributed by atoms with E-state index in [2.05, 4.69) is 10.3 Å². The zero-order chi connectivity index (χ0) is 26.1. The Labute approximate surface area is 215 Å². The summed E-state index contributed by atoms with van der Waals surface area (Å²) in [4.78, 5) is 55.8. The predicted molar refractivity (Wildman–Crippen MR) is 139 cm³/mol. The van der Waals surface area contributed by atoms with E-state index in [1.807, 2.05) is 37.3 Å². The van der Waals surface area contributed by atoms with E-state index in [4.69, 9.17) is 0 Å². The topological polar surface area (TPSA) is 123 Å². The maximum absolute atomic E-state index is 13.1. The molecule has 1 fully saturated rings. The third kappa shape index (κ3) is 4.69. The maximum Gasteiger partial charge on any atom is 0.335 e. The quantitative estimate of drug-likeness (QED) is 0.168. The molecule has 5 rings (SSSR count). The summed E-state index contributed by atoms with van der Waals surface area (Å²) in [6.07, 6.45) is 2.90. The minimum absolute atomic E-state index is 0.192. The Bertz CT molecular complexity index is 1630. The number of hydrogen-bond acceptors (Lipinski definition) is 7. The summed E-state index contributed by atoms with van der Waals surface area (Å²) >= 11 is 1.20. The Morgan fingerprint density at radius 1 is 0.973 bits per heavy atom. The van der Waals surface area contributed by atoms with Crippen molar-refractivity contribution < 1.29 is 19.3 Å². The normalized spacial score (nSPS) is 14.8. The Morgan fingerprint density at radius 3 is 2.49 bits per heavy atom. The minimum atomic E-state index is -0.874. The lowest BCUT2D eigenvalue weighted by atomic mass is 10.1. The highest BCUT2D eigenvalue weighted by Gasteiger charge is 2.36. The second-order valence-electron chi connectivity index (χ2n) is 8.21. The van der Waals surface area contributed by atoms with Crippen molar-refractivity contribution >= 4 is 58.0 Å². The standard InChI is InChI=1S/C27H18N4O5S/c1-16-7-10-19(11-8-16)30-26(33)20(25(32)29-27(30)34)14-17-9-12-22(21(15-17)31(35)36)37-23-6-2-4-18-5-3-13-28-24(18)23/h2-15H,1H3,(H,29,32,34)/b20-14+. The first-order valence-electron chi connectivity index (χ1n) is 11.1. The molecule has 1 N–H and O–H groups in total. The molecule has 0 bridgehead atoms. The summed E-state index contributed by atoms with van der Waals surface area (Å²) < 4.78 is 0. The number of aromatic nitrogens is 1. The fourth-order valence-electron chi connectivity index (χ4n) is 3.88. The number of fused-ring (bicyclic) bond motifs is 1. The summed E-state index contributed by atoms with van der Waals surface area (Å²) in [6, 6.07) is 19.6. The second-order valence-corrected chi connectivity index (χ2v) is 9.29. The van der Waals surface area contributed by atoms with E-state index in [9.17, 15) is 24.5 Å². The number of benzene rings is 3. The minimum Gasteiger partial charge on any atom is -0.273 e. The van der Waals surface area contributed by atoms with Crippen LogP contribution in [-0.2, 0) is 9.59 Å². The lowest BCUT2D eigenvalue weighted by Crippen LogP contribution is -2.54. The fraction of sp³-hybridized carbons (Fsp3) is 0.0370. The number of urea groups is 1. The van der Waals surface area contributed by atoms with Crippen LogP contribution in [0.15, 0.2) is 94.4 Å². The zero-order valence-electron chi connectivity index (χ0n) is 19.4. The molecular weight excluding hydrogens is 492 g/mol. The van der Waals surface area contributed by atoms with Crippen LogP contribution in [-0.4, -0.2) is 27.8 Å². The van der Waals surface area contributed by atoms with Gasteiger partial charge in [-0.05, 0) is 48.9 Å². The first kappa shape index (κ1) is 23.9. The third-order valence-electron chi connectivity index (χ3n) is 5.70. The first-order valence-corrected chi connectivity index (χ1v) is 11.9. The molecule has 1 aromatic heterocycles. The SMILES string of the molecule is Cc1ccc(N2C(=O)NC(=O)/C(=C\c3ccc(Sc4cccc5cccnc45)c([N+](=O)[O-])c3)C2=O)cc1. The van der Waals surface area contributed by atoms with Crippen LogP contribution in [0.1, 0.15) is 11.1 Å². The molecule has 1 aliphatic heterocycles. The number of amides is 4. The van der Waals surface area contributed by atoms with Crippen LogP contribution in [0.5, 0.6) is 0 Å². The van der Waals surface area contributed by atoms with Crippen LogP contribution in [0.2, 0.25) is 0 Å². The van der Waals surface area contributed by atoms with E-state index in [1.165, 1.54) is 23.9 Å². The van der Waals surface area contributed by atoms with Crippen LogP contribution >= 0.6 is 11.8 Å². The van der Waals surface area contributed by atoms with Gasteiger partial charge in [0.05, 0.1) is 21.0 Å². The molecule has 0 radical (unpaired) electrons. The fourth-order valence-corrected chi connectivity index (χ4v) is 4.91. The molecule has 0 saturated carbocycles. The number of nitro groups is 1. The number of nitro benzene ring substituents is 1. The number of barbiturate groups is 1. The number of aryl methyl sites for hydroxylation is 1. The molecule has 182 valence electrons. The largest absolute Gasteiger partial charge is 0.335 e. The second kappa shape index (κ2) is 9.67. The van der Waals surface area contributed by atoms with E-state index < -0.39 is 22.8 Å². The summed E-state index contributed by atoms with van der Waals surface area (Å²) in [5, 5.41) is 15.0. The predicted octanol–water partition coefficient (Wildman–Crippen LogP) is 5.27. The molecular formula is C27H18N4O5S. The van der Waals surface area contributed by atoms with Crippen LogP contribution < -0.4 is 10.2 Å². The van der Waals surface area contributed by atoms with Crippen LogP contribution in [0.25, 0.3) is 17.0 Å². The number of carbonyl (C=O) groups excluding carboxylic acids is 3. The van der Waals surface area contributed by atoms with Gasteiger partial charge in [-0.2, -0.15) is 0 Å². The summed E-state index contributed by atoms with van der Waals surface area (Å²) in [5.74, 6) is -1.69. The number of carbonyl (C=O) groups is 3.